The summed E-state index contributed by atoms with van der Waals surface area (Å²) < 4.78 is 0. The van der Waals surface area contributed by atoms with Crippen LogP contribution in [-0.2, 0) is 9.59 Å². The summed E-state index contributed by atoms with van der Waals surface area (Å²) in [6.45, 7) is 3.72. The lowest BCUT2D eigenvalue weighted by Crippen LogP contribution is -2.08. The van der Waals surface area contributed by atoms with E-state index in [2.05, 4.69) is 0 Å². The summed E-state index contributed by atoms with van der Waals surface area (Å²) in [5.41, 5.74) is 0. The molecule has 0 bridgehead atoms. The highest BCUT2D eigenvalue weighted by Gasteiger charge is 2.11. The molecule has 4 nitrogen and oxygen atoms in total. The van der Waals surface area contributed by atoms with E-state index in [4.69, 9.17) is 10.2 Å². The third-order valence-corrected chi connectivity index (χ3v) is 4.19. The Balaban J connectivity index is 3.52. The number of thioether (sulfide) groups is 2. The van der Waals surface area contributed by atoms with E-state index < -0.39 is 11.9 Å². The molecule has 0 saturated carbocycles. The predicted octanol–water partition coefficient (Wildman–Crippen LogP) is 2.14. The second kappa shape index (κ2) is 7.87. The molecule has 0 rings (SSSR count). The van der Waals surface area contributed by atoms with Crippen LogP contribution < -0.4 is 0 Å². The first kappa shape index (κ1) is 14.6. The van der Waals surface area contributed by atoms with Crippen LogP contribution in [0.5, 0.6) is 0 Å². The topological polar surface area (TPSA) is 74.6 Å². The van der Waals surface area contributed by atoms with Gasteiger partial charge in [0.25, 0.3) is 0 Å². The number of carboxylic acid groups (broad SMARTS) is 2. The summed E-state index contributed by atoms with van der Waals surface area (Å²) in [5, 5.41) is 17.9. The van der Waals surface area contributed by atoms with Crippen molar-refractivity contribution in [1.82, 2.24) is 0 Å². The van der Waals surface area contributed by atoms with Crippen molar-refractivity contribution in [3.05, 3.63) is 0 Å². The molecule has 0 spiro atoms. The monoisotopic (exact) mass is 252 g/mol. The molecule has 6 heteroatoms. The summed E-state index contributed by atoms with van der Waals surface area (Å²) in [6.07, 6.45) is 0.303. The largest absolute Gasteiger partial charge is 0.481 e. The molecule has 2 N–H and O–H groups in total. The minimum Gasteiger partial charge on any atom is -0.481 e. The Kier molecular flexibility index (Phi) is 7.68. The van der Waals surface area contributed by atoms with Crippen molar-refractivity contribution in [3.8, 4) is 0 Å². The molecule has 0 radical (unpaired) electrons. The molecule has 2 unspecified atom stereocenters. The van der Waals surface area contributed by atoms with Gasteiger partial charge in [0.1, 0.15) is 0 Å². The van der Waals surface area contributed by atoms with E-state index in [1.54, 1.807) is 23.5 Å². The van der Waals surface area contributed by atoms with E-state index in [0.29, 0.717) is 0 Å². The van der Waals surface area contributed by atoms with Crippen molar-refractivity contribution < 1.29 is 19.8 Å². The van der Waals surface area contributed by atoms with Crippen LogP contribution in [0.2, 0.25) is 0 Å². The van der Waals surface area contributed by atoms with E-state index in [1.807, 2.05) is 13.8 Å². The van der Waals surface area contributed by atoms with Crippen LogP contribution in [-0.4, -0.2) is 37.7 Å². The molecule has 0 amide bonds. The predicted molar refractivity (Wildman–Crippen MR) is 63.5 cm³/mol. The van der Waals surface area contributed by atoms with Crippen LogP contribution in [0.3, 0.4) is 0 Å². The molecular formula is C9H16O4S2. The van der Waals surface area contributed by atoms with Gasteiger partial charge in [-0.25, -0.2) is 0 Å². The molecular weight excluding hydrogens is 236 g/mol. The zero-order chi connectivity index (χ0) is 11.8. The molecule has 88 valence electrons. The van der Waals surface area contributed by atoms with Gasteiger partial charge in [-0.05, 0) is 0 Å². The highest BCUT2D eigenvalue weighted by molar-refractivity contribution is 8.16. The molecule has 0 fully saturated rings. The van der Waals surface area contributed by atoms with Crippen LogP contribution in [0.1, 0.15) is 26.7 Å². The Bertz CT molecular complexity index is 198. The smallest absolute Gasteiger partial charge is 0.304 e. The average molecular weight is 252 g/mol. The number of carboxylic acids is 2. The van der Waals surface area contributed by atoms with E-state index in [9.17, 15) is 9.59 Å². The van der Waals surface area contributed by atoms with E-state index >= 15 is 0 Å². The number of aliphatic carboxylic acids is 2. The van der Waals surface area contributed by atoms with Crippen molar-refractivity contribution in [2.24, 2.45) is 0 Å². The maximum Gasteiger partial charge on any atom is 0.304 e. The standard InChI is InChI=1S/C9H16O4S2/c1-6(3-8(10)11)14-5-15-7(2)4-9(12)13/h6-7H,3-5H2,1-2H3,(H,10,11)(H,12,13). The molecule has 0 aliphatic heterocycles. The van der Waals surface area contributed by atoms with Gasteiger partial charge in [0.15, 0.2) is 0 Å². The minimum absolute atomic E-state index is 0.0760. The van der Waals surface area contributed by atoms with Gasteiger partial charge >= 0.3 is 11.9 Å². The van der Waals surface area contributed by atoms with Crippen LogP contribution >= 0.6 is 23.5 Å². The van der Waals surface area contributed by atoms with Gasteiger partial charge in [0, 0.05) is 15.6 Å². The van der Waals surface area contributed by atoms with Crippen molar-refractivity contribution in [1.29, 1.82) is 0 Å². The molecule has 0 heterocycles. The first-order chi connectivity index (χ1) is 6.91. The summed E-state index contributed by atoms with van der Waals surface area (Å²) in [7, 11) is 0. The lowest BCUT2D eigenvalue weighted by atomic mass is 10.3. The Morgan fingerprint density at radius 1 is 1.00 bits per heavy atom. The maximum absolute atomic E-state index is 10.4. The van der Waals surface area contributed by atoms with Gasteiger partial charge in [-0.15, -0.1) is 23.5 Å². The fraction of sp³-hybridized carbons (Fsp3) is 0.778. The fourth-order valence-electron chi connectivity index (χ4n) is 0.881. The van der Waals surface area contributed by atoms with Crippen molar-refractivity contribution >= 4 is 35.5 Å². The number of carbonyl (C=O) groups is 2. The lowest BCUT2D eigenvalue weighted by Gasteiger charge is -2.11. The van der Waals surface area contributed by atoms with Gasteiger partial charge in [0.2, 0.25) is 0 Å². The molecule has 0 aromatic carbocycles. The molecule has 0 aromatic rings. The second-order valence-electron chi connectivity index (χ2n) is 3.27. The van der Waals surface area contributed by atoms with E-state index in [0.717, 1.165) is 5.08 Å². The first-order valence-corrected chi connectivity index (χ1v) is 6.68. The number of hydrogen-bond acceptors (Lipinski definition) is 4. The van der Waals surface area contributed by atoms with E-state index in [1.165, 1.54) is 0 Å². The third kappa shape index (κ3) is 9.93. The Morgan fingerprint density at radius 3 is 1.60 bits per heavy atom. The molecule has 0 aliphatic rings. The van der Waals surface area contributed by atoms with Crippen molar-refractivity contribution in [3.63, 3.8) is 0 Å². The van der Waals surface area contributed by atoms with Gasteiger partial charge in [-0.1, -0.05) is 13.8 Å². The summed E-state index contributed by atoms with van der Waals surface area (Å²) in [5.74, 6) is -1.59. The SMILES string of the molecule is CC(CC(=O)O)SCSC(C)CC(=O)O. The minimum atomic E-state index is -0.793. The molecule has 2 atom stereocenters. The van der Waals surface area contributed by atoms with Crippen molar-refractivity contribution in [2.75, 3.05) is 5.08 Å². The number of rotatable bonds is 8. The highest BCUT2D eigenvalue weighted by atomic mass is 32.2. The van der Waals surface area contributed by atoms with Gasteiger partial charge in [-0.2, -0.15) is 0 Å². The van der Waals surface area contributed by atoms with Crippen LogP contribution in [0.15, 0.2) is 0 Å². The summed E-state index contributed by atoms with van der Waals surface area (Å²) >= 11 is 3.10. The Labute approximate surface area is 97.8 Å². The van der Waals surface area contributed by atoms with Crippen molar-refractivity contribution in [2.45, 2.75) is 37.2 Å². The molecule has 0 aliphatic carbocycles. The Hall–Kier alpha value is -0.360. The average Bonchev–Trinajstić information content (AvgIpc) is 2.00. The molecule has 15 heavy (non-hydrogen) atoms. The normalized spacial score (nSPS) is 14.5. The van der Waals surface area contributed by atoms with Crippen LogP contribution in [0.4, 0.5) is 0 Å². The summed E-state index contributed by atoms with van der Waals surface area (Å²) in [6, 6.07) is 0. The maximum atomic E-state index is 10.4. The zero-order valence-corrected chi connectivity index (χ0v) is 10.4. The Morgan fingerprint density at radius 2 is 1.33 bits per heavy atom. The molecule has 0 aromatic heterocycles. The zero-order valence-electron chi connectivity index (χ0n) is 8.80. The van der Waals surface area contributed by atoms with Crippen LogP contribution in [0, 0.1) is 0 Å². The second-order valence-corrected chi connectivity index (χ2v) is 6.49. The summed E-state index contributed by atoms with van der Waals surface area (Å²) in [4.78, 5) is 20.7. The first-order valence-electron chi connectivity index (χ1n) is 4.58. The van der Waals surface area contributed by atoms with Crippen LogP contribution in [0.25, 0.3) is 0 Å². The fourth-order valence-corrected chi connectivity index (χ4v) is 3.57. The van der Waals surface area contributed by atoms with Gasteiger partial charge in [-0.3, -0.25) is 9.59 Å². The van der Waals surface area contributed by atoms with Gasteiger partial charge in [0.05, 0.1) is 12.8 Å². The third-order valence-electron chi connectivity index (χ3n) is 1.63. The quantitative estimate of drug-likeness (QED) is 0.645. The van der Waals surface area contributed by atoms with E-state index in [-0.39, 0.29) is 23.3 Å². The lowest BCUT2D eigenvalue weighted by molar-refractivity contribution is -0.137. The number of hydrogen-bond donors (Lipinski definition) is 2. The van der Waals surface area contributed by atoms with Gasteiger partial charge < -0.3 is 10.2 Å². The highest BCUT2D eigenvalue weighted by Crippen LogP contribution is 2.24. The molecule has 0 saturated heterocycles.